The number of carboxylic acid groups (broad SMARTS) is 1. The molecule has 0 aromatic heterocycles. The predicted octanol–water partition coefficient (Wildman–Crippen LogP) is 4.27. The maximum Gasteiger partial charge on any atom is 0.320 e. The van der Waals surface area contributed by atoms with Gasteiger partial charge in [-0.3, -0.25) is 9.69 Å². The zero-order valence-corrected chi connectivity index (χ0v) is 15.1. The second kappa shape index (κ2) is 16.8. The number of carboxylic acids is 1. The Morgan fingerprint density at radius 1 is 0.864 bits per heavy atom. The number of likely N-dealkylation sites (N-methyl/N-ethyl adjacent to an activating group) is 1. The normalized spacial score (nSPS) is 12.2. The Labute approximate surface area is 137 Å². The minimum atomic E-state index is -0.726. The van der Waals surface area contributed by atoms with Gasteiger partial charge in [-0.15, -0.1) is 0 Å². The average Bonchev–Trinajstić information content (AvgIpc) is 2.47. The predicted molar refractivity (Wildman–Crippen MR) is 94.4 cm³/mol. The number of unbranched alkanes of at least 4 members (excludes halogenated alkanes) is 11. The Balaban J connectivity index is 0. The van der Waals surface area contributed by atoms with E-state index in [1.807, 2.05) is 11.9 Å². The Kier molecular flexibility index (Phi) is 18.0. The van der Waals surface area contributed by atoms with Crippen molar-refractivity contribution >= 4 is 5.97 Å². The van der Waals surface area contributed by atoms with E-state index in [4.69, 9.17) is 5.11 Å². The van der Waals surface area contributed by atoms with Crippen molar-refractivity contribution < 1.29 is 15.4 Å². The molecule has 1 unspecified atom stereocenters. The first kappa shape index (κ1) is 23.7. The molecule has 0 saturated carbocycles. The van der Waals surface area contributed by atoms with Gasteiger partial charge in [0.15, 0.2) is 0 Å². The topological polar surface area (TPSA) is 72.0 Å². The molecule has 0 bridgehead atoms. The molecule has 0 heterocycles. The molecule has 0 radical (unpaired) electrons. The lowest BCUT2D eigenvalue weighted by Crippen LogP contribution is -2.36. The van der Waals surface area contributed by atoms with Crippen LogP contribution in [-0.4, -0.2) is 41.1 Å². The first-order valence-corrected chi connectivity index (χ1v) is 9.02. The molecule has 0 rings (SSSR count). The smallest absolute Gasteiger partial charge is 0.320 e. The van der Waals surface area contributed by atoms with Crippen molar-refractivity contribution in [2.75, 3.05) is 13.6 Å². The molecule has 0 amide bonds. The van der Waals surface area contributed by atoms with Crippen molar-refractivity contribution in [2.24, 2.45) is 0 Å². The van der Waals surface area contributed by atoms with Gasteiger partial charge in [0.1, 0.15) is 6.04 Å². The third kappa shape index (κ3) is 14.3. The summed E-state index contributed by atoms with van der Waals surface area (Å²) in [5.74, 6) is -0.726. The summed E-state index contributed by atoms with van der Waals surface area (Å²) in [5, 5.41) is 8.90. The first-order chi connectivity index (χ1) is 10.1. The van der Waals surface area contributed by atoms with Gasteiger partial charge in [-0.2, -0.15) is 0 Å². The van der Waals surface area contributed by atoms with Gasteiger partial charge in [-0.1, -0.05) is 77.6 Å². The van der Waals surface area contributed by atoms with Gasteiger partial charge >= 0.3 is 5.97 Å². The van der Waals surface area contributed by atoms with E-state index in [0.29, 0.717) is 0 Å². The van der Waals surface area contributed by atoms with Crippen LogP contribution in [0.5, 0.6) is 0 Å². The monoisotopic (exact) mass is 317 g/mol. The van der Waals surface area contributed by atoms with E-state index in [0.717, 1.165) is 13.0 Å². The van der Waals surface area contributed by atoms with Crippen LogP contribution in [0, 0.1) is 0 Å². The minimum absolute atomic E-state index is 0. The molecule has 0 saturated heterocycles. The summed E-state index contributed by atoms with van der Waals surface area (Å²) in [6.45, 7) is 4.91. The van der Waals surface area contributed by atoms with E-state index in [1.165, 1.54) is 70.6 Å². The number of hydrogen-bond acceptors (Lipinski definition) is 2. The molecule has 22 heavy (non-hydrogen) atoms. The van der Waals surface area contributed by atoms with Crippen LogP contribution in [0.1, 0.15) is 90.9 Å². The van der Waals surface area contributed by atoms with E-state index < -0.39 is 5.97 Å². The SMILES string of the molecule is CCCCCCCCCCCCCCN(C)C(C)C(=O)O.O. The maximum absolute atomic E-state index is 10.8. The summed E-state index contributed by atoms with van der Waals surface area (Å²) >= 11 is 0. The van der Waals surface area contributed by atoms with E-state index >= 15 is 0 Å². The molecule has 3 N–H and O–H groups in total. The quantitative estimate of drug-likeness (QED) is 0.458. The number of aliphatic carboxylic acids is 1. The van der Waals surface area contributed by atoms with Gasteiger partial charge in [-0.25, -0.2) is 0 Å². The maximum atomic E-state index is 10.8. The third-order valence-corrected chi connectivity index (χ3v) is 4.38. The zero-order chi connectivity index (χ0) is 15.9. The summed E-state index contributed by atoms with van der Waals surface area (Å²) in [4.78, 5) is 12.7. The molecule has 4 heteroatoms. The fraction of sp³-hybridized carbons (Fsp3) is 0.944. The summed E-state index contributed by atoms with van der Waals surface area (Å²) in [5.41, 5.74) is 0. The molecule has 0 aliphatic rings. The number of rotatable bonds is 15. The molecule has 1 atom stereocenters. The van der Waals surface area contributed by atoms with Crippen molar-refractivity contribution in [2.45, 2.75) is 96.9 Å². The molecule has 0 aromatic carbocycles. The van der Waals surface area contributed by atoms with Crippen LogP contribution >= 0.6 is 0 Å². The molecule has 4 nitrogen and oxygen atoms in total. The molecule has 0 aliphatic carbocycles. The van der Waals surface area contributed by atoms with Gasteiger partial charge in [0.05, 0.1) is 0 Å². The summed E-state index contributed by atoms with van der Waals surface area (Å²) in [6.07, 6.45) is 16.1. The standard InChI is InChI=1S/C18H37NO2.H2O/c1-4-5-6-7-8-9-10-11-12-13-14-15-16-19(3)17(2)18(20)21;/h17H,4-16H2,1-3H3,(H,20,21);1H2. The molecule has 0 spiro atoms. The highest BCUT2D eigenvalue weighted by Gasteiger charge is 2.15. The molecule has 0 aliphatic heterocycles. The van der Waals surface area contributed by atoms with E-state index in [-0.39, 0.29) is 11.5 Å². The summed E-state index contributed by atoms with van der Waals surface area (Å²) < 4.78 is 0. The van der Waals surface area contributed by atoms with Gasteiger partial charge in [0, 0.05) is 0 Å². The Morgan fingerprint density at radius 3 is 1.59 bits per heavy atom. The second-order valence-electron chi connectivity index (χ2n) is 6.38. The van der Waals surface area contributed by atoms with Crippen molar-refractivity contribution in [1.29, 1.82) is 0 Å². The van der Waals surface area contributed by atoms with Crippen molar-refractivity contribution in [1.82, 2.24) is 4.90 Å². The Hall–Kier alpha value is -0.610. The molecule has 0 aromatic rings. The van der Waals surface area contributed by atoms with Crippen LogP contribution in [0.25, 0.3) is 0 Å². The van der Waals surface area contributed by atoms with E-state index in [1.54, 1.807) is 6.92 Å². The highest BCUT2D eigenvalue weighted by molar-refractivity contribution is 5.72. The van der Waals surface area contributed by atoms with Crippen LogP contribution in [0.4, 0.5) is 0 Å². The third-order valence-electron chi connectivity index (χ3n) is 4.38. The van der Waals surface area contributed by atoms with Crippen LogP contribution in [-0.2, 0) is 4.79 Å². The molecule has 0 fully saturated rings. The highest BCUT2D eigenvalue weighted by atomic mass is 16.4. The van der Waals surface area contributed by atoms with Gasteiger partial charge in [0.25, 0.3) is 0 Å². The van der Waals surface area contributed by atoms with E-state index in [9.17, 15) is 4.79 Å². The second-order valence-corrected chi connectivity index (χ2v) is 6.38. The molecular formula is C18H39NO3. The minimum Gasteiger partial charge on any atom is -0.480 e. The van der Waals surface area contributed by atoms with Gasteiger partial charge < -0.3 is 10.6 Å². The summed E-state index contributed by atoms with van der Waals surface area (Å²) in [6, 6.07) is -0.363. The van der Waals surface area contributed by atoms with Crippen molar-refractivity contribution in [3.8, 4) is 0 Å². The van der Waals surface area contributed by atoms with Crippen LogP contribution in [0.3, 0.4) is 0 Å². The summed E-state index contributed by atoms with van der Waals surface area (Å²) in [7, 11) is 1.90. The largest absolute Gasteiger partial charge is 0.480 e. The molecule has 134 valence electrons. The van der Waals surface area contributed by atoms with Crippen molar-refractivity contribution in [3.63, 3.8) is 0 Å². The first-order valence-electron chi connectivity index (χ1n) is 9.02. The van der Waals surface area contributed by atoms with E-state index in [2.05, 4.69) is 6.92 Å². The average molecular weight is 318 g/mol. The van der Waals surface area contributed by atoms with Crippen LogP contribution in [0.15, 0.2) is 0 Å². The Bertz CT molecular complexity index is 246. The lowest BCUT2D eigenvalue weighted by atomic mass is 10.1. The van der Waals surface area contributed by atoms with Gasteiger partial charge in [0.2, 0.25) is 0 Å². The fourth-order valence-corrected chi connectivity index (χ4v) is 2.58. The highest BCUT2D eigenvalue weighted by Crippen LogP contribution is 2.12. The van der Waals surface area contributed by atoms with Crippen LogP contribution < -0.4 is 0 Å². The number of hydrogen-bond donors (Lipinski definition) is 1. The fourth-order valence-electron chi connectivity index (χ4n) is 2.58. The molecular weight excluding hydrogens is 278 g/mol. The van der Waals surface area contributed by atoms with Crippen LogP contribution in [0.2, 0.25) is 0 Å². The number of carbonyl (C=O) groups is 1. The lowest BCUT2D eigenvalue weighted by molar-refractivity contribution is -0.142. The lowest BCUT2D eigenvalue weighted by Gasteiger charge is -2.20. The zero-order valence-electron chi connectivity index (χ0n) is 15.1. The number of nitrogens with zero attached hydrogens (tertiary/aromatic N) is 1. The van der Waals surface area contributed by atoms with Crippen molar-refractivity contribution in [3.05, 3.63) is 0 Å². The van der Waals surface area contributed by atoms with Gasteiger partial charge in [-0.05, 0) is 26.9 Å². The Morgan fingerprint density at radius 2 is 1.23 bits per heavy atom.